The van der Waals surface area contributed by atoms with Crippen LogP contribution in [-0.2, 0) is 9.53 Å². The fourth-order valence-corrected chi connectivity index (χ4v) is 2.23. The van der Waals surface area contributed by atoms with Crippen molar-refractivity contribution in [2.75, 3.05) is 24.3 Å². The Bertz CT molecular complexity index is 808. The summed E-state index contributed by atoms with van der Waals surface area (Å²) in [5.74, 6) is -1.34. The number of nitrogens with one attached hydrogen (secondary N) is 2. The van der Waals surface area contributed by atoms with Crippen molar-refractivity contribution in [1.82, 2.24) is 0 Å². The maximum Gasteiger partial charge on any atom is 0.338 e. The van der Waals surface area contributed by atoms with Gasteiger partial charge in [0.25, 0.3) is 11.6 Å². The Morgan fingerprint density at radius 1 is 1.20 bits per heavy atom. The fraction of sp³-hybridized carbons (Fsp3) is 0.125. The molecule has 2 rings (SSSR count). The topological polar surface area (TPSA) is 111 Å². The van der Waals surface area contributed by atoms with Crippen LogP contribution in [0.3, 0.4) is 0 Å². The average Bonchev–Trinajstić information content (AvgIpc) is 2.61. The van der Waals surface area contributed by atoms with E-state index in [9.17, 15) is 19.7 Å². The van der Waals surface area contributed by atoms with E-state index >= 15 is 0 Å². The number of nitro groups is 1. The summed E-state index contributed by atoms with van der Waals surface area (Å²) >= 11 is 3.28. The molecule has 0 atom stereocenters. The standard InChI is InChI=1S/C16H14BrN3O5/c1-18-13-7-2-10(8-14(13)20(23)24)16(22)25-9-15(21)19-12-5-3-11(17)4-6-12/h2-8,18H,9H2,1H3,(H,19,21). The Balaban J connectivity index is 1.97. The number of halogens is 1. The van der Waals surface area contributed by atoms with Gasteiger partial charge in [-0.2, -0.15) is 0 Å². The largest absolute Gasteiger partial charge is 0.452 e. The van der Waals surface area contributed by atoms with Gasteiger partial charge < -0.3 is 15.4 Å². The molecule has 8 nitrogen and oxygen atoms in total. The van der Waals surface area contributed by atoms with Crippen LogP contribution in [0.2, 0.25) is 0 Å². The van der Waals surface area contributed by atoms with Gasteiger partial charge in [-0.1, -0.05) is 15.9 Å². The van der Waals surface area contributed by atoms with E-state index in [1.54, 1.807) is 24.3 Å². The van der Waals surface area contributed by atoms with E-state index in [0.717, 1.165) is 10.5 Å². The van der Waals surface area contributed by atoms with Crippen LogP contribution >= 0.6 is 15.9 Å². The van der Waals surface area contributed by atoms with Gasteiger partial charge in [0.2, 0.25) is 0 Å². The van der Waals surface area contributed by atoms with Gasteiger partial charge in [-0.05, 0) is 36.4 Å². The van der Waals surface area contributed by atoms with Crippen molar-refractivity contribution in [3.8, 4) is 0 Å². The predicted octanol–water partition coefficient (Wildman–Crippen LogP) is 3.19. The number of benzene rings is 2. The molecule has 0 aliphatic carbocycles. The van der Waals surface area contributed by atoms with Gasteiger partial charge in [0.15, 0.2) is 6.61 Å². The number of carbonyl (C=O) groups excluding carboxylic acids is 2. The van der Waals surface area contributed by atoms with Crippen LogP contribution in [0.15, 0.2) is 46.9 Å². The van der Waals surface area contributed by atoms with Gasteiger partial charge in [-0.15, -0.1) is 0 Å². The lowest BCUT2D eigenvalue weighted by atomic mass is 10.1. The first-order valence-corrected chi connectivity index (χ1v) is 7.88. The number of nitro benzene ring substituents is 1. The Morgan fingerprint density at radius 3 is 2.48 bits per heavy atom. The normalized spacial score (nSPS) is 10.0. The molecule has 0 aromatic heterocycles. The molecular formula is C16H14BrN3O5. The number of hydrogen-bond donors (Lipinski definition) is 2. The number of rotatable bonds is 6. The Labute approximate surface area is 151 Å². The molecule has 2 aromatic carbocycles. The molecule has 9 heteroatoms. The number of carbonyl (C=O) groups is 2. The first-order valence-electron chi connectivity index (χ1n) is 7.09. The molecule has 2 aromatic rings. The Hall–Kier alpha value is -2.94. The van der Waals surface area contributed by atoms with Gasteiger partial charge in [-0.25, -0.2) is 4.79 Å². The monoisotopic (exact) mass is 407 g/mol. The van der Waals surface area contributed by atoms with Crippen LogP contribution in [0.25, 0.3) is 0 Å². The highest BCUT2D eigenvalue weighted by Crippen LogP contribution is 2.25. The van der Waals surface area contributed by atoms with Crippen molar-refractivity contribution < 1.29 is 19.2 Å². The quantitative estimate of drug-likeness (QED) is 0.432. The first-order chi connectivity index (χ1) is 11.9. The molecule has 1 amide bonds. The minimum absolute atomic E-state index is 0.0119. The van der Waals surface area contributed by atoms with Crippen molar-refractivity contribution in [1.29, 1.82) is 0 Å². The lowest BCUT2D eigenvalue weighted by Crippen LogP contribution is -2.21. The van der Waals surface area contributed by atoms with Gasteiger partial charge in [0, 0.05) is 23.3 Å². The van der Waals surface area contributed by atoms with E-state index in [1.165, 1.54) is 19.2 Å². The highest BCUT2D eigenvalue weighted by Gasteiger charge is 2.18. The van der Waals surface area contributed by atoms with E-state index in [0.29, 0.717) is 5.69 Å². The lowest BCUT2D eigenvalue weighted by Gasteiger charge is -2.08. The Kier molecular flexibility index (Phi) is 6.07. The van der Waals surface area contributed by atoms with Crippen LogP contribution < -0.4 is 10.6 Å². The molecule has 2 N–H and O–H groups in total. The zero-order valence-corrected chi connectivity index (χ0v) is 14.7. The number of esters is 1. The summed E-state index contributed by atoms with van der Waals surface area (Å²) in [5, 5.41) is 16.2. The van der Waals surface area contributed by atoms with Crippen LogP contribution in [0, 0.1) is 10.1 Å². The molecule has 0 saturated carbocycles. The zero-order valence-electron chi connectivity index (χ0n) is 13.1. The molecule has 0 saturated heterocycles. The molecule has 0 radical (unpaired) electrons. The van der Waals surface area contributed by atoms with E-state index < -0.39 is 23.4 Å². The smallest absolute Gasteiger partial charge is 0.338 e. The van der Waals surface area contributed by atoms with Gasteiger partial charge in [-0.3, -0.25) is 14.9 Å². The minimum atomic E-state index is -0.822. The summed E-state index contributed by atoms with van der Waals surface area (Å²) in [5.41, 5.74) is 0.561. The van der Waals surface area contributed by atoms with E-state index in [1.807, 2.05) is 0 Å². The van der Waals surface area contributed by atoms with Gasteiger partial charge in [0.05, 0.1) is 10.5 Å². The second-order valence-electron chi connectivity index (χ2n) is 4.87. The summed E-state index contributed by atoms with van der Waals surface area (Å²) in [7, 11) is 1.53. The summed E-state index contributed by atoms with van der Waals surface area (Å²) in [6.45, 7) is -0.503. The molecule has 0 spiro atoms. The van der Waals surface area contributed by atoms with Crippen molar-refractivity contribution in [2.45, 2.75) is 0 Å². The third kappa shape index (κ3) is 5.01. The molecule has 0 bridgehead atoms. The SMILES string of the molecule is CNc1ccc(C(=O)OCC(=O)Nc2ccc(Br)cc2)cc1[N+](=O)[O-]. The molecular weight excluding hydrogens is 394 g/mol. The summed E-state index contributed by atoms with van der Waals surface area (Å²) in [6.07, 6.45) is 0. The summed E-state index contributed by atoms with van der Waals surface area (Å²) in [4.78, 5) is 34.1. The highest BCUT2D eigenvalue weighted by atomic mass is 79.9. The van der Waals surface area contributed by atoms with Crippen LogP contribution in [-0.4, -0.2) is 30.5 Å². The first kappa shape index (κ1) is 18.4. The second kappa shape index (κ2) is 8.25. The Morgan fingerprint density at radius 2 is 1.88 bits per heavy atom. The zero-order chi connectivity index (χ0) is 18.4. The number of anilines is 2. The summed E-state index contributed by atoms with van der Waals surface area (Å²) in [6, 6.07) is 10.8. The average molecular weight is 408 g/mol. The van der Waals surface area contributed by atoms with Crippen LogP contribution in [0.4, 0.5) is 17.1 Å². The number of ether oxygens (including phenoxy) is 1. The molecule has 130 valence electrons. The summed E-state index contributed by atoms with van der Waals surface area (Å²) < 4.78 is 5.76. The maximum atomic E-state index is 12.0. The van der Waals surface area contributed by atoms with Gasteiger partial charge >= 0.3 is 5.97 Å². The van der Waals surface area contributed by atoms with Crippen molar-refractivity contribution in [3.63, 3.8) is 0 Å². The molecule has 0 unspecified atom stereocenters. The molecule has 0 aliphatic heterocycles. The number of amides is 1. The van der Waals surface area contributed by atoms with Crippen molar-refractivity contribution in [2.24, 2.45) is 0 Å². The molecule has 0 fully saturated rings. The lowest BCUT2D eigenvalue weighted by molar-refractivity contribution is -0.384. The van der Waals surface area contributed by atoms with Crippen molar-refractivity contribution in [3.05, 3.63) is 62.6 Å². The fourth-order valence-electron chi connectivity index (χ4n) is 1.97. The molecule has 0 heterocycles. The minimum Gasteiger partial charge on any atom is -0.452 e. The van der Waals surface area contributed by atoms with E-state index in [4.69, 9.17) is 4.74 Å². The molecule has 25 heavy (non-hydrogen) atoms. The highest BCUT2D eigenvalue weighted by molar-refractivity contribution is 9.10. The van der Waals surface area contributed by atoms with Gasteiger partial charge in [0.1, 0.15) is 5.69 Å². The predicted molar refractivity (Wildman–Crippen MR) is 95.7 cm³/mol. The third-order valence-electron chi connectivity index (χ3n) is 3.16. The van der Waals surface area contributed by atoms with Crippen LogP contribution in [0.1, 0.15) is 10.4 Å². The van der Waals surface area contributed by atoms with E-state index in [2.05, 4.69) is 26.6 Å². The maximum absolute atomic E-state index is 12.0. The third-order valence-corrected chi connectivity index (χ3v) is 3.69. The second-order valence-corrected chi connectivity index (χ2v) is 5.79. The van der Waals surface area contributed by atoms with Crippen molar-refractivity contribution >= 4 is 44.9 Å². The molecule has 0 aliphatic rings. The number of hydrogen-bond acceptors (Lipinski definition) is 6. The van der Waals surface area contributed by atoms with Crippen LogP contribution in [0.5, 0.6) is 0 Å². The van der Waals surface area contributed by atoms with E-state index in [-0.39, 0.29) is 16.9 Å². The number of nitrogens with zero attached hydrogens (tertiary/aromatic N) is 1.